The van der Waals surface area contributed by atoms with Crippen LogP contribution in [0.2, 0.25) is 0 Å². The summed E-state index contributed by atoms with van der Waals surface area (Å²) >= 11 is 0. The Hall–Kier alpha value is -6.33. The molecule has 6 atom stereocenters. The van der Waals surface area contributed by atoms with Crippen molar-refractivity contribution in [3.05, 3.63) is 130 Å². The van der Waals surface area contributed by atoms with Gasteiger partial charge in [-0.25, -0.2) is 0 Å². The van der Waals surface area contributed by atoms with E-state index in [1.165, 1.54) is 20.3 Å². The minimum absolute atomic E-state index is 0.0102. The summed E-state index contributed by atoms with van der Waals surface area (Å²) < 4.78 is 10.9. The summed E-state index contributed by atoms with van der Waals surface area (Å²) in [5.41, 5.74) is 5.66. The first-order valence-corrected chi connectivity index (χ1v) is 21.3. The number of Topliss-reactive ketones (excluding diaryl/α,β-unsaturated/α-hetero) is 1. The highest BCUT2D eigenvalue weighted by molar-refractivity contribution is 6.00. The van der Waals surface area contributed by atoms with E-state index in [-0.39, 0.29) is 52.8 Å². The molecule has 2 aliphatic carbocycles. The molecule has 1 saturated carbocycles. The number of aromatic nitrogens is 1. The van der Waals surface area contributed by atoms with Crippen LogP contribution < -0.4 is 20.1 Å². The van der Waals surface area contributed by atoms with Crippen molar-refractivity contribution in [1.29, 1.82) is 0 Å². The van der Waals surface area contributed by atoms with Crippen LogP contribution in [0.3, 0.4) is 0 Å². The van der Waals surface area contributed by atoms with Gasteiger partial charge in [0.05, 0.1) is 26.2 Å². The molecule has 0 radical (unpaired) electrons. The number of allylic oxidation sites excluding steroid dienone is 3. The number of dihydropyridines is 1. The van der Waals surface area contributed by atoms with E-state index in [4.69, 9.17) is 9.47 Å². The summed E-state index contributed by atoms with van der Waals surface area (Å²) in [7, 11) is 2.94. The maximum Gasteiger partial charge on any atom is 0.200 e. The number of carbonyl (C=O) groups is 1. The van der Waals surface area contributed by atoms with E-state index in [9.17, 15) is 25.5 Å². The zero-order valence-corrected chi connectivity index (χ0v) is 34.4. The zero-order valence-electron chi connectivity index (χ0n) is 34.4. The van der Waals surface area contributed by atoms with Crippen LogP contribution in [0.1, 0.15) is 78.3 Å². The fourth-order valence-corrected chi connectivity index (χ4v) is 11.1. The lowest BCUT2D eigenvalue weighted by Crippen LogP contribution is -2.48. The monoisotopic (exact) mass is 823 g/mol. The molecule has 3 heterocycles. The van der Waals surface area contributed by atoms with Crippen LogP contribution >= 0.6 is 0 Å². The van der Waals surface area contributed by atoms with Gasteiger partial charge in [-0.3, -0.25) is 4.79 Å². The largest absolute Gasteiger partial charge is 0.508 e. The molecule has 9 rings (SSSR count). The van der Waals surface area contributed by atoms with Crippen LogP contribution in [0.4, 0.5) is 5.69 Å². The summed E-state index contributed by atoms with van der Waals surface area (Å²) in [5.74, 6) is -0.835. The van der Waals surface area contributed by atoms with Gasteiger partial charge in [0, 0.05) is 41.9 Å². The second kappa shape index (κ2) is 16.3. The van der Waals surface area contributed by atoms with E-state index >= 15 is 4.79 Å². The molecule has 61 heavy (non-hydrogen) atoms. The van der Waals surface area contributed by atoms with E-state index in [2.05, 4.69) is 39.9 Å². The zero-order chi connectivity index (χ0) is 42.4. The van der Waals surface area contributed by atoms with Crippen molar-refractivity contribution in [2.45, 2.75) is 69.3 Å². The van der Waals surface area contributed by atoms with Gasteiger partial charge in [0.1, 0.15) is 17.4 Å². The van der Waals surface area contributed by atoms with Gasteiger partial charge in [0.25, 0.3) is 0 Å². The topological polar surface area (TPSA) is 177 Å². The molecule has 5 aromatic rings. The molecule has 8 N–H and O–H groups in total. The molecule has 316 valence electrons. The fraction of sp³-hybridized carbons (Fsp3) is 0.340. The third kappa shape index (κ3) is 7.35. The Labute approximate surface area is 355 Å². The van der Waals surface area contributed by atoms with Crippen LogP contribution in [0.15, 0.2) is 103 Å². The number of anilines is 1. The Morgan fingerprint density at radius 1 is 0.951 bits per heavy atom. The lowest BCUT2D eigenvalue weighted by atomic mass is 9.57. The second-order valence-corrected chi connectivity index (χ2v) is 17.2. The number of benzene rings is 4. The lowest BCUT2D eigenvalue weighted by molar-refractivity contribution is -0.134. The number of nitrogens with one attached hydrogen (secondary N) is 3. The summed E-state index contributed by atoms with van der Waals surface area (Å²) in [4.78, 5) is 19.3. The standard InChI is InChI=1S/C50H53N3O8/c1-60-43-19-28(7-13-39(43)55)8-14-40(56)48-41(57)23-32(33-24-42(58)49(59)44(25-33)61-2)20-29-9-10-30-21-37(54)22-31-11-12-38(47(29)46(30)31)53-45-27-35(15-18-52-45)50(48)16-3-5-34(50)26-36-6-4-17-51-36/h4,6-7,9-13,15,17,19,21-22,24-25,27,29,32,34,40,48,51-56,58-59H,3,5,8,14,16,18,20,23,26H2,1-2H3. The number of phenolic OH excluding ortho intramolecular Hbond substituents is 4. The molecule has 2 bridgehead atoms. The maximum atomic E-state index is 15.9. The van der Waals surface area contributed by atoms with Crippen LogP contribution in [0.25, 0.3) is 16.8 Å². The Kier molecular flexibility index (Phi) is 10.7. The first kappa shape index (κ1) is 40.1. The van der Waals surface area contributed by atoms with Crippen molar-refractivity contribution in [3.8, 4) is 34.5 Å². The summed E-state index contributed by atoms with van der Waals surface area (Å²) in [6.07, 6.45) is 13.7. The van der Waals surface area contributed by atoms with E-state index in [0.717, 1.165) is 63.1 Å². The molecule has 1 spiro atoms. The number of aromatic amines is 1. The molecular weight excluding hydrogens is 771 g/mol. The molecular formula is C50H53N3O8. The molecule has 6 unspecified atom stereocenters. The molecule has 11 nitrogen and oxygen atoms in total. The number of aliphatic hydroxyl groups excluding tert-OH is 1. The number of hydrogen-bond acceptors (Lipinski definition) is 10. The summed E-state index contributed by atoms with van der Waals surface area (Å²) in [6, 6.07) is 20.1. The van der Waals surface area contributed by atoms with E-state index < -0.39 is 23.4 Å². The first-order valence-electron chi connectivity index (χ1n) is 21.3. The third-order valence-corrected chi connectivity index (χ3v) is 13.8. The number of aliphatic hydroxyl groups is 1. The van der Waals surface area contributed by atoms with Crippen molar-refractivity contribution in [2.75, 3.05) is 26.1 Å². The SMILES string of the molecule is COc1cc(CCC(O)C2C(=O)CC(c3cc(O)c(O)c(OC)c3)CC3C=Cc4cc(O)cc5ccc(c3c45)NC3=CC(=CCN3)C23CCCC3Cc2ccc[nH]2)ccc1O. The Morgan fingerprint density at radius 3 is 2.61 bits per heavy atom. The number of fused-ring (bicyclic) bond motifs is 2. The fourth-order valence-electron chi connectivity index (χ4n) is 11.1. The number of ketones is 1. The number of aryl methyl sites for hydroxylation is 1. The molecule has 0 saturated heterocycles. The minimum Gasteiger partial charge on any atom is -0.508 e. The number of carbonyl (C=O) groups excluding carboxylic acids is 1. The van der Waals surface area contributed by atoms with Gasteiger partial charge < -0.3 is 50.6 Å². The van der Waals surface area contributed by atoms with Crippen LogP contribution in [0, 0.1) is 17.3 Å². The van der Waals surface area contributed by atoms with E-state index in [1.807, 2.05) is 36.5 Å². The number of aromatic hydroxyl groups is 4. The highest BCUT2D eigenvalue weighted by Crippen LogP contribution is 2.58. The lowest BCUT2D eigenvalue weighted by Gasteiger charge is -2.46. The maximum absolute atomic E-state index is 15.9. The summed E-state index contributed by atoms with van der Waals surface area (Å²) in [5, 5.41) is 64.9. The molecule has 4 aromatic carbocycles. The number of hydrogen-bond donors (Lipinski definition) is 8. The van der Waals surface area contributed by atoms with Gasteiger partial charge in [0.15, 0.2) is 23.0 Å². The quantitative estimate of drug-likeness (QED) is 0.0672. The van der Waals surface area contributed by atoms with Crippen molar-refractivity contribution in [3.63, 3.8) is 0 Å². The van der Waals surface area contributed by atoms with E-state index in [1.54, 1.807) is 30.3 Å². The predicted molar refractivity (Wildman–Crippen MR) is 235 cm³/mol. The normalized spacial score (nSPS) is 23.8. The van der Waals surface area contributed by atoms with Gasteiger partial charge in [-0.05, 0) is 150 Å². The third-order valence-electron chi connectivity index (χ3n) is 13.8. The van der Waals surface area contributed by atoms with Crippen molar-refractivity contribution in [1.82, 2.24) is 10.3 Å². The number of methoxy groups -OCH3 is 2. The Balaban J connectivity index is 1.23. The van der Waals surface area contributed by atoms with Gasteiger partial charge in [-0.2, -0.15) is 0 Å². The molecule has 1 aromatic heterocycles. The number of H-pyrrole nitrogens is 1. The minimum atomic E-state index is -1.04. The molecule has 0 amide bonds. The predicted octanol–water partition coefficient (Wildman–Crippen LogP) is 8.69. The average Bonchev–Trinajstić information content (AvgIpc) is 3.93. The average molecular weight is 824 g/mol. The van der Waals surface area contributed by atoms with Crippen molar-refractivity contribution in [2.24, 2.45) is 17.3 Å². The Bertz CT molecular complexity index is 2580. The molecule has 1 fully saturated rings. The highest BCUT2D eigenvalue weighted by atomic mass is 16.5. The van der Waals surface area contributed by atoms with Gasteiger partial charge in [-0.15, -0.1) is 0 Å². The number of ether oxygens (including phenoxy) is 2. The number of rotatable bonds is 9. The van der Waals surface area contributed by atoms with Crippen LogP contribution in [0.5, 0.6) is 34.5 Å². The van der Waals surface area contributed by atoms with Crippen molar-refractivity contribution < 1.29 is 39.8 Å². The van der Waals surface area contributed by atoms with Gasteiger partial charge >= 0.3 is 0 Å². The summed E-state index contributed by atoms with van der Waals surface area (Å²) in [6.45, 7) is 0.524. The highest BCUT2D eigenvalue weighted by Gasteiger charge is 2.55. The van der Waals surface area contributed by atoms with Gasteiger partial charge in [-0.1, -0.05) is 36.8 Å². The van der Waals surface area contributed by atoms with Crippen molar-refractivity contribution >= 4 is 28.3 Å². The van der Waals surface area contributed by atoms with Crippen LogP contribution in [-0.4, -0.2) is 63.2 Å². The molecule has 2 aliphatic heterocycles. The first-order chi connectivity index (χ1) is 29.6. The van der Waals surface area contributed by atoms with E-state index in [0.29, 0.717) is 50.0 Å². The van der Waals surface area contributed by atoms with Gasteiger partial charge in [0.2, 0.25) is 5.75 Å². The second-order valence-electron chi connectivity index (χ2n) is 17.2. The smallest absolute Gasteiger partial charge is 0.200 e. The van der Waals surface area contributed by atoms with Crippen LogP contribution in [-0.2, 0) is 17.6 Å². The molecule has 4 aliphatic rings. The number of phenols is 4. The Morgan fingerprint density at radius 2 is 1.80 bits per heavy atom. The molecule has 11 heteroatoms.